The highest BCUT2D eigenvalue weighted by Crippen LogP contribution is 2.49. The Morgan fingerprint density at radius 3 is 2.30 bits per heavy atom. The summed E-state index contributed by atoms with van der Waals surface area (Å²) in [5.74, 6) is 0. The van der Waals surface area contributed by atoms with E-state index < -0.39 is 0 Å². The zero-order valence-corrected chi connectivity index (χ0v) is 15.1. The largest absolute Gasteiger partial charge is 0.266 e. The van der Waals surface area contributed by atoms with E-state index in [1.165, 1.54) is 17.5 Å². The molecule has 0 aliphatic carbocycles. The molecule has 4 aromatic rings. The molecule has 130 valence electrons. The third kappa shape index (κ3) is 3.08. The second-order valence-corrected chi connectivity index (χ2v) is 7.36. The minimum Gasteiger partial charge on any atom is -0.266 e. The fourth-order valence-electron chi connectivity index (χ4n) is 3.21. The van der Waals surface area contributed by atoms with E-state index in [0.717, 1.165) is 10.7 Å². The molecule has 0 spiro atoms. The summed E-state index contributed by atoms with van der Waals surface area (Å²) in [6.07, 6.45) is 4.91. The van der Waals surface area contributed by atoms with Gasteiger partial charge in [0.15, 0.2) is 5.65 Å². The molecule has 1 aliphatic heterocycles. The van der Waals surface area contributed by atoms with Crippen molar-refractivity contribution in [2.45, 2.75) is 11.3 Å². The molecule has 0 radical (unpaired) electrons. The van der Waals surface area contributed by atoms with Crippen LogP contribution < -0.4 is 0 Å². The first kappa shape index (κ1) is 16.1. The molecule has 27 heavy (non-hydrogen) atoms. The van der Waals surface area contributed by atoms with Crippen LogP contribution in [0.1, 0.15) is 28.1 Å². The lowest BCUT2D eigenvalue weighted by Gasteiger charge is -2.17. The van der Waals surface area contributed by atoms with Crippen molar-refractivity contribution in [3.8, 4) is 0 Å². The number of benzene rings is 2. The van der Waals surface area contributed by atoms with E-state index in [9.17, 15) is 0 Å². The minimum atomic E-state index is 0.0399. The Balaban J connectivity index is 1.58. The van der Waals surface area contributed by atoms with Gasteiger partial charge in [-0.05, 0) is 11.1 Å². The molecular formula is C21H15N5S. The highest BCUT2D eigenvalue weighted by molar-refractivity contribution is 8.14. The summed E-state index contributed by atoms with van der Waals surface area (Å²) in [6.45, 7) is 0. The first-order chi connectivity index (χ1) is 13.4. The summed E-state index contributed by atoms with van der Waals surface area (Å²) < 4.78 is 0. The monoisotopic (exact) mass is 369 g/mol. The number of hydrogen-bond acceptors (Lipinski definition) is 6. The molecule has 5 nitrogen and oxygen atoms in total. The SMILES string of the molecule is c1ccc(C2N=C(c3cnc4ncncc4n3)SC2c2ccccc2)cc1. The molecule has 3 heterocycles. The fraction of sp³-hybridized carbons (Fsp3) is 0.0952. The van der Waals surface area contributed by atoms with Crippen LogP contribution in [-0.4, -0.2) is 25.0 Å². The highest BCUT2D eigenvalue weighted by Gasteiger charge is 2.33. The van der Waals surface area contributed by atoms with E-state index in [4.69, 9.17) is 4.99 Å². The summed E-state index contributed by atoms with van der Waals surface area (Å²) in [5, 5.41) is 1.10. The third-order valence-electron chi connectivity index (χ3n) is 4.49. The number of thioether (sulfide) groups is 1. The van der Waals surface area contributed by atoms with Crippen LogP contribution in [0.4, 0.5) is 0 Å². The molecular weight excluding hydrogens is 354 g/mol. The highest BCUT2D eigenvalue weighted by atomic mass is 32.2. The Kier molecular flexibility index (Phi) is 4.10. The van der Waals surface area contributed by atoms with Crippen LogP contribution in [0.2, 0.25) is 0 Å². The average Bonchev–Trinajstić information content (AvgIpc) is 3.20. The van der Waals surface area contributed by atoms with Gasteiger partial charge in [-0.15, -0.1) is 0 Å². The molecule has 0 N–H and O–H groups in total. The smallest absolute Gasteiger partial charge is 0.181 e. The van der Waals surface area contributed by atoms with Gasteiger partial charge in [-0.1, -0.05) is 72.4 Å². The number of nitrogens with zero attached hydrogens (tertiary/aromatic N) is 5. The minimum absolute atomic E-state index is 0.0399. The summed E-state index contributed by atoms with van der Waals surface area (Å²) >= 11 is 1.74. The van der Waals surface area contributed by atoms with Crippen molar-refractivity contribution in [3.63, 3.8) is 0 Å². The summed E-state index contributed by atoms with van der Waals surface area (Å²) in [7, 11) is 0. The molecule has 5 rings (SSSR count). The van der Waals surface area contributed by atoms with Gasteiger partial charge in [-0.3, -0.25) is 4.99 Å². The topological polar surface area (TPSA) is 63.9 Å². The number of fused-ring (bicyclic) bond motifs is 1. The molecule has 0 amide bonds. The van der Waals surface area contributed by atoms with Crippen molar-refractivity contribution in [3.05, 3.63) is 96.2 Å². The van der Waals surface area contributed by atoms with E-state index in [-0.39, 0.29) is 11.3 Å². The number of aliphatic imine (C=N–C) groups is 1. The zero-order valence-electron chi connectivity index (χ0n) is 14.3. The van der Waals surface area contributed by atoms with E-state index >= 15 is 0 Å². The van der Waals surface area contributed by atoms with Gasteiger partial charge in [0.25, 0.3) is 0 Å². The van der Waals surface area contributed by atoms with Crippen LogP contribution in [0.15, 0.2) is 84.4 Å². The van der Waals surface area contributed by atoms with Crippen molar-refractivity contribution in [1.29, 1.82) is 0 Å². The lowest BCUT2D eigenvalue weighted by atomic mass is 9.99. The lowest BCUT2D eigenvalue weighted by Crippen LogP contribution is -2.02. The molecule has 0 saturated heterocycles. The number of rotatable bonds is 3. The average molecular weight is 369 g/mol. The van der Waals surface area contributed by atoms with Crippen LogP contribution >= 0.6 is 11.8 Å². The van der Waals surface area contributed by atoms with Gasteiger partial charge >= 0.3 is 0 Å². The van der Waals surface area contributed by atoms with E-state index in [0.29, 0.717) is 11.2 Å². The van der Waals surface area contributed by atoms with Crippen molar-refractivity contribution in [2.24, 2.45) is 4.99 Å². The normalized spacial score (nSPS) is 19.2. The van der Waals surface area contributed by atoms with Gasteiger partial charge in [0, 0.05) is 0 Å². The summed E-state index contributed by atoms with van der Waals surface area (Å²) in [4.78, 5) is 22.3. The van der Waals surface area contributed by atoms with Crippen LogP contribution in [0.5, 0.6) is 0 Å². The second-order valence-electron chi connectivity index (χ2n) is 6.23. The molecule has 2 unspecified atom stereocenters. The molecule has 0 saturated carbocycles. The van der Waals surface area contributed by atoms with E-state index in [1.54, 1.807) is 24.2 Å². The summed E-state index contributed by atoms with van der Waals surface area (Å²) in [5.41, 5.74) is 4.49. The van der Waals surface area contributed by atoms with Crippen molar-refractivity contribution in [2.75, 3.05) is 0 Å². The quantitative estimate of drug-likeness (QED) is 0.536. The fourth-order valence-corrected chi connectivity index (χ4v) is 4.48. The molecule has 6 heteroatoms. The van der Waals surface area contributed by atoms with Gasteiger partial charge in [0.1, 0.15) is 22.6 Å². The first-order valence-corrected chi connectivity index (χ1v) is 9.54. The van der Waals surface area contributed by atoms with Gasteiger partial charge in [-0.2, -0.15) is 0 Å². The van der Waals surface area contributed by atoms with Gasteiger partial charge in [-0.25, -0.2) is 19.9 Å². The molecule has 1 aliphatic rings. The van der Waals surface area contributed by atoms with Gasteiger partial charge in [0.05, 0.1) is 23.7 Å². The first-order valence-electron chi connectivity index (χ1n) is 8.66. The Morgan fingerprint density at radius 2 is 1.52 bits per heavy atom. The molecule has 2 aromatic carbocycles. The summed E-state index contributed by atoms with van der Waals surface area (Å²) in [6, 6.07) is 21.0. The third-order valence-corrected chi connectivity index (χ3v) is 5.81. The predicted molar refractivity (Wildman–Crippen MR) is 108 cm³/mol. The van der Waals surface area contributed by atoms with Gasteiger partial charge in [0.2, 0.25) is 0 Å². The maximum Gasteiger partial charge on any atom is 0.181 e. The van der Waals surface area contributed by atoms with Crippen molar-refractivity contribution >= 4 is 28.0 Å². The molecule has 2 atom stereocenters. The van der Waals surface area contributed by atoms with Crippen LogP contribution in [0, 0.1) is 0 Å². The lowest BCUT2D eigenvalue weighted by molar-refractivity contribution is 0.724. The second kappa shape index (κ2) is 6.89. The Bertz CT molecular complexity index is 1110. The van der Waals surface area contributed by atoms with E-state index in [1.807, 2.05) is 12.1 Å². The predicted octanol–water partition coefficient (Wildman–Crippen LogP) is 4.40. The van der Waals surface area contributed by atoms with Crippen molar-refractivity contribution < 1.29 is 0 Å². The number of aromatic nitrogens is 4. The maximum absolute atomic E-state index is 5.03. The van der Waals surface area contributed by atoms with Crippen LogP contribution in [0.25, 0.3) is 11.2 Å². The van der Waals surface area contributed by atoms with Gasteiger partial charge < -0.3 is 0 Å². The molecule has 2 aromatic heterocycles. The van der Waals surface area contributed by atoms with Crippen LogP contribution in [0.3, 0.4) is 0 Å². The molecule has 0 fully saturated rings. The Morgan fingerprint density at radius 1 is 0.778 bits per heavy atom. The standard InChI is InChI=1S/C21H15N5S/c1-3-7-14(8-4-1)18-19(15-9-5-2-6-10-15)27-21(26-18)17-12-23-20-16(25-17)11-22-13-24-20/h1-13,18-19H. The van der Waals surface area contributed by atoms with Crippen molar-refractivity contribution in [1.82, 2.24) is 19.9 Å². The molecule has 0 bridgehead atoms. The maximum atomic E-state index is 5.03. The van der Waals surface area contributed by atoms with E-state index in [2.05, 4.69) is 68.5 Å². The Hall–Kier alpha value is -3.12. The number of hydrogen-bond donors (Lipinski definition) is 0. The zero-order chi connectivity index (χ0) is 18.1. The Labute approximate surface area is 160 Å². The van der Waals surface area contributed by atoms with Crippen LogP contribution in [-0.2, 0) is 0 Å².